The molecule has 0 aliphatic heterocycles. The molecule has 0 bridgehead atoms. The summed E-state index contributed by atoms with van der Waals surface area (Å²) in [5.41, 5.74) is 7.07. The van der Waals surface area contributed by atoms with Gasteiger partial charge in [-0.05, 0) is 34.1 Å². The maximum atomic E-state index is 13.4. The Labute approximate surface area is 124 Å². The Morgan fingerprint density at radius 2 is 2.05 bits per heavy atom. The van der Waals surface area contributed by atoms with Gasteiger partial charge in [-0.1, -0.05) is 0 Å². The molecule has 0 unspecified atom stereocenters. The van der Waals surface area contributed by atoms with Gasteiger partial charge in [0.1, 0.15) is 5.82 Å². The summed E-state index contributed by atoms with van der Waals surface area (Å²) in [6.07, 6.45) is 0. The van der Waals surface area contributed by atoms with Crippen LogP contribution in [0.2, 0.25) is 0 Å². The zero-order valence-electron chi connectivity index (χ0n) is 11.0. The molecule has 0 fully saturated rings. The predicted octanol–water partition coefficient (Wildman–Crippen LogP) is 2.78. The Bertz CT molecular complexity index is 637. The lowest BCUT2D eigenvalue weighted by atomic mass is 10.2. The molecule has 0 aliphatic rings. The largest absolute Gasteiger partial charge is 0.494 e. The van der Waals surface area contributed by atoms with Gasteiger partial charge in [0.15, 0.2) is 17.4 Å². The van der Waals surface area contributed by atoms with Crippen molar-refractivity contribution in [1.82, 2.24) is 9.97 Å². The number of nitrogens with two attached hydrogens (primary N) is 1. The number of hydrogen-bond donors (Lipinski definition) is 1. The van der Waals surface area contributed by atoms with Gasteiger partial charge in [-0.15, -0.1) is 0 Å². The van der Waals surface area contributed by atoms with Crippen molar-refractivity contribution in [2.75, 3.05) is 20.0 Å². The molecular weight excluding hydrogens is 329 g/mol. The van der Waals surface area contributed by atoms with Crippen molar-refractivity contribution in [3.8, 4) is 17.1 Å². The molecule has 2 N–H and O–H groups in total. The Morgan fingerprint density at radius 3 is 2.70 bits per heavy atom. The highest BCUT2D eigenvalue weighted by Gasteiger charge is 2.13. The van der Waals surface area contributed by atoms with E-state index in [0.717, 1.165) is 0 Å². The van der Waals surface area contributed by atoms with Crippen molar-refractivity contribution in [3.63, 3.8) is 0 Å². The average Bonchev–Trinajstić information content (AvgIpc) is 2.44. The number of nitrogens with zero attached hydrogens (tertiary/aromatic N) is 2. The molecule has 20 heavy (non-hydrogen) atoms. The smallest absolute Gasteiger partial charge is 0.165 e. The fraction of sp³-hybridized carbons (Fsp3) is 0.231. The summed E-state index contributed by atoms with van der Waals surface area (Å²) in [6, 6.07) is 4.39. The van der Waals surface area contributed by atoms with Gasteiger partial charge in [-0.25, -0.2) is 14.4 Å². The van der Waals surface area contributed by atoms with Crippen LogP contribution in [0.5, 0.6) is 5.75 Å². The zero-order valence-corrected chi connectivity index (χ0v) is 12.6. The lowest BCUT2D eigenvalue weighted by Crippen LogP contribution is -2.04. The normalized spacial score (nSPS) is 10.6. The molecule has 1 heterocycles. The quantitative estimate of drug-likeness (QED) is 0.925. The van der Waals surface area contributed by atoms with E-state index >= 15 is 0 Å². The van der Waals surface area contributed by atoms with Crippen molar-refractivity contribution >= 4 is 21.7 Å². The van der Waals surface area contributed by atoms with Gasteiger partial charge in [-0.3, -0.25) is 0 Å². The second kappa shape index (κ2) is 6.15. The number of anilines is 1. The van der Waals surface area contributed by atoms with E-state index in [9.17, 15) is 4.39 Å². The third-order valence-electron chi connectivity index (χ3n) is 2.64. The summed E-state index contributed by atoms with van der Waals surface area (Å²) in [5.74, 6) is 0.362. The van der Waals surface area contributed by atoms with Crippen LogP contribution < -0.4 is 10.5 Å². The summed E-state index contributed by atoms with van der Waals surface area (Å²) in [7, 11) is 2.96. The number of ether oxygens (including phenoxy) is 2. The van der Waals surface area contributed by atoms with E-state index < -0.39 is 5.82 Å². The van der Waals surface area contributed by atoms with Gasteiger partial charge in [0.2, 0.25) is 0 Å². The van der Waals surface area contributed by atoms with Crippen molar-refractivity contribution < 1.29 is 13.9 Å². The number of nitrogen functional groups attached to an aromatic ring is 1. The van der Waals surface area contributed by atoms with E-state index in [4.69, 9.17) is 15.2 Å². The second-order valence-electron chi connectivity index (χ2n) is 3.98. The fourth-order valence-corrected chi connectivity index (χ4v) is 1.97. The molecule has 2 aromatic rings. The Hall–Kier alpha value is -1.73. The Morgan fingerprint density at radius 1 is 1.30 bits per heavy atom. The molecule has 106 valence electrons. The van der Waals surface area contributed by atoms with Gasteiger partial charge >= 0.3 is 0 Å². The lowest BCUT2D eigenvalue weighted by molar-refractivity contribution is 0.181. The van der Waals surface area contributed by atoms with E-state index in [2.05, 4.69) is 25.9 Å². The molecule has 0 amide bonds. The van der Waals surface area contributed by atoms with Gasteiger partial charge in [0.05, 0.1) is 23.9 Å². The van der Waals surface area contributed by atoms with E-state index in [1.54, 1.807) is 13.2 Å². The van der Waals surface area contributed by atoms with Crippen LogP contribution in [0, 0.1) is 5.82 Å². The number of halogens is 2. The summed E-state index contributed by atoms with van der Waals surface area (Å²) in [4.78, 5) is 8.53. The molecule has 0 spiro atoms. The molecular formula is C13H13BrFN3O2. The minimum atomic E-state index is -0.446. The summed E-state index contributed by atoms with van der Waals surface area (Å²) in [5, 5.41) is 0. The molecule has 0 aliphatic carbocycles. The number of aromatic nitrogens is 2. The number of hydrogen-bond acceptors (Lipinski definition) is 5. The second-order valence-corrected chi connectivity index (χ2v) is 4.77. The number of methoxy groups -OCH3 is 2. The van der Waals surface area contributed by atoms with Gasteiger partial charge < -0.3 is 15.2 Å². The summed E-state index contributed by atoms with van der Waals surface area (Å²) < 4.78 is 24.0. The first-order valence-corrected chi connectivity index (χ1v) is 6.50. The Kier molecular flexibility index (Phi) is 4.51. The third kappa shape index (κ3) is 2.88. The van der Waals surface area contributed by atoms with Gasteiger partial charge in [0.25, 0.3) is 0 Å². The fourth-order valence-electron chi connectivity index (χ4n) is 1.67. The Balaban J connectivity index is 2.52. The highest BCUT2D eigenvalue weighted by Crippen LogP contribution is 2.28. The minimum Gasteiger partial charge on any atom is -0.494 e. The lowest BCUT2D eigenvalue weighted by Gasteiger charge is -2.09. The van der Waals surface area contributed by atoms with Crippen molar-refractivity contribution in [2.24, 2.45) is 0 Å². The van der Waals surface area contributed by atoms with Crippen molar-refractivity contribution in [1.29, 1.82) is 0 Å². The summed E-state index contributed by atoms with van der Waals surface area (Å²) >= 11 is 3.31. The van der Waals surface area contributed by atoms with Crippen LogP contribution in [-0.4, -0.2) is 24.2 Å². The van der Waals surface area contributed by atoms with Crippen LogP contribution in [-0.2, 0) is 11.3 Å². The highest BCUT2D eigenvalue weighted by atomic mass is 79.9. The molecule has 0 radical (unpaired) electrons. The summed E-state index contributed by atoms with van der Waals surface area (Å²) in [6.45, 7) is 0.290. The topological polar surface area (TPSA) is 70.3 Å². The molecule has 1 aromatic heterocycles. The molecule has 0 saturated carbocycles. The van der Waals surface area contributed by atoms with E-state index in [-0.39, 0.29) is 5.75 Å². The van der Waals surface area contributed by atoms with Crippen LogP contribution in [0.4, 0.5) is 10.2 Å². The third-order valence-corrected chi connectivity index (χ3v) is 3.50. The van der Waals surface area contributed by atoms with Gasteiger partial charge in [0, 0.05) is 12.7 Å². The number of rotatable bonds is 4. The van der Waals surface area contributed by atoms with Crippen molar-refractivity contribution in [3.05, 3.63) is 34.2 Å². The maximum Gasteiger partial charge on any atom is 0.165 e. The monoisotopic (exact) mass is 341 g/mol. The highest BCUT2D eigenvalue weighted by molar-refractivity contribution is 9.10. The average molecular weight is 342 g/mol. The molecule has 5 nitrogen and oxygen atoms in total. The van der Waals surface area contributed by atoms with Crippen LogP contribution in [0.25, 0.3) is 11.4 Å². The predicted molar refractivity (Wildman–Crippen MR) is 76.8 cm³/mol. The van der Waals surface area contributed by atoms with E-state index in [1.807, 2.05) is 0 Å². The first kappa shape index (κ1) is 14.7. The molecule has 1 aromatic carbocycles. The zero-order chi connectivity index (χ0) is 14.7. The van der Waals surface area contributed by atoms with Crippen molar-refractivity contribution in [2.45, 2.75) is 6.61 Å². The molecule has 0 atom stereocenters. The first-order valence-electron chi connectivity index (χ1n) is 5.71. The van der Waals surface area contributed by atoms with E-state index in [1.165, 1.54) is 19.2 Å². The SMILES string of the molecule is COCc1nc(-c2ccc(F)c(OC)c2)nc(N)c1Br. The molecule has 0 saturated heterocycles. The van der Waals surface area contributed by atoms with Crippen LogP contribution in [0.1, 0.15) is 5.69 Å². The first-order chi connectivity index (χ1) is 9.56. The van der Waals surface area contributed by atoms with Crippen LogP contribution in [0.3, 0.4) is 0 Å². The standard InChI is InChI=1S/C13H13BrFN3O2/c1-19-6-9-11(14)12(16)18-13(17-9)7-3-4-8(15)10(5-7)20-2/h3-5H,6H2,1-2H3,(H2,16,17,18). The van der Waals surface area contributed by atoms with Crippen LogP contribution >= 0.6 is 15.9 Å². The minimum absolute atomic E-state index is 0.126. The molecule has 7 heteroatoms. The van der Waals surface area contributed by atoms with Crippen LogP contribution in [0.15, 0.2) is 22.7 Å². The maximum absolute atomic E-state index is 13.4. The molecule has 2 rings (SSSR count). The number of benzene rings is 1. The van der Waals surface area contributed by atoms with E-state index in [0.29, 0.717) is 34.0 Å². The van der Waals surface area contributed by atoms with Gasteiger partial charge in [-0.2, -0.15) is 0 Å².